The fraction of sp³-hybridized carbons (Fsp3) is 0.400. The highest BCUT2D eigenvalue weighted by Crippen LogP contribution is 2.20. The minimum absolute atomic E-state index is 0.163. The Labute approximate surface area is 77.2 Å². The first-order chi connectivity index (χ1) is 6.06. The van der Waals surface area contributed by atoms with Gasteiger partial charge in [0.15, 0.2) is 0 Å². The van der Waals surface area contributed by atoms with Crippen LogP contribution in [-0.2, 0) is 0 Å². The predicted molar refractivity (Wildman–Crippen MR) is 49.9 cm³/mol. The highest BCUT2D eigenvalue weighted by Gasteiger charge is 2.11. The van der Waals surface area contributed by atoms with Crippen LogP contribution in [-0.4, -0.2) is 11.7 Å². The molecule has 0 aliphatic heterocycles. The Morgan fingerprint density at radius 1 is 1.46 bits per heavy atom. The van der Waals surface area contributed by atoms with E-state index in [0.29, 0.717) is 11.1 Å². The molecule has 0 aromatic heterocycles. The monoisotopic (exact) mass is 183 g/mol. The molecule has 1 aromatic rings. The van der Waals surface area contributed by atoms with Crippen molar-refractivity contribution in [2.45, 2.75) is 19.9 Å². The third-order valence-electron chi connectivity index (χ3n) is 2.12. The molecule has 72 valence electrons. The number of benzene rings is 1. The summed E-state index contributed by atoms with van der Waals surface area (Å²) < 4.78 is 13.2. The lowest BCUT2D eigenvalue weighted by Crippen LogP contribution is -2.16. The van der Waals surface area contributed by atoms with Crippen LogP contribution in [0.3, 0.4) is 0 Å². The number of aliphatic hydroxyl groups excluding tert-OH is 1. The fourth-order valence-electron chi connectivity index (χ4n) is 1.32. The second-order valence-electron chi connectivity index (χ2n) is 3.25. The van der Waals surface area contributed by atoms with Crippen molar-refractivity contribution >= 4 is 0 Å². The van der Waals surface area contributed by atoms with Crippen molar-refractivity contribution in [2.24, 2.45) is 5.73 Å². The number of aliphatic hydroxyl groups is 1. The number of nitrogens with two attached hydrogens (primary N) is 1. The summed E-state index contributed by atoms with van der Waals surface area (Å²) in [6, 6.07) is 2.77. The smallest absolute Gasteiger partial charge is 0.126 e. The van der Waals surface area contributed by atoms with Crippen LogP contribution in [0.25, 0.3) is 0 Å². The standard InChI is InChI=1S/C10H14FNO/c1-6-3-8(10(12)5-13)7(2)9(11)4-6/h3-4,10,13H,5,12H2,1-2H3. The van der Waals surface area contributed by atoms with Gasteiger partial charge in [0.05, 0.1) is 12.6 Å². The van der Waals surface area contributed by atoms with E-state index >= 15 is 0 Å². The van der Waals surface area contributed by atoms with Crippen LogP contribution in [0.15, 0.2) is 12.1 Å². The number of rotatable bonds is 2. The molecule has 0 spiro atoms. The van der Waals surface area contributed by atoms with E-state index in [-0.39, 0.29) is 12.4 Å². The van der Waals surface area contributed by atoms with E-state index in [1.807, 2.05) is 0 Å². The molecule has 0 radical (unpaired) electrons. The van der Waals surface area contributed by atoms with Crippen LogP contribution >= 0.6 is 0 Å². The van der Waals surface area contributed by atoms with E-state index in [2.05, 4.69) is 0 Å². The second kappa shape index (κ2) is 3.85. The topological polar surface area (TPSA) is 46.2 Å². The molecule has 2 nitrogen and oxygen atoms in total. The lowest BCUT2D eigenvalue weighted by Gasteiger charge is -2.13. The van der Waals surface area contributed by atoms with E-state index in [1.165, 1.54) is 6.07 Å². The molecule has 1 rings (SSSR count). The third kappa shape index (κ3) is 2.05. The molecule has 0 saturated carbocycles. The third-order valence-corrected chi connectivity index (χ3v) is 2.12. The van der Waals surface area contributed by atoms with E-state index in [4.69, 9.17) is 10.8 Å². The molecule has 0 saturated heterocycles. The summed E-state index contributed by atoms with van der Waals surface area (Å²) in [6.07, 6.45) is 0. The van der Waals surface area contributed by atoms with Gasteiger partial charge in [-0.05, 0) is 36.6 Å². The van der Waals surface area contributed by atoms with Crippen LogP contribution < -0.4 is 5.73 Å². The lowest BCUT2D eigenvalue weighted by atomic mass is 9.99. The molecule has 1 unspecified atom stereocenters. The van der Waals surface area contributed by atoms with Crippen molar-refractivity contribution in [3.05, 3.63) is 34.6 Å². The Balaban J connectivity index is 3.20. The number of aryl methyl sites for hydroxylation is 1. The van der Waals surface area contributed by atoms with Gasteiger partial charge in [0.25, 0.3) is 0 Å². The van der Waals surface area contributed by atoms with E-state index < -0.39 is 6.04 Å². The van der Waals surface area contributed by atoms with Crippen molar-refractivity contribution in [2.75, 3.05) is 6.61 Å². The van der Waals surface area contributed by atoms with Crippen LogP contribution in [0, 0.1) is 19.7 Å². The minimum atomic E-state index is -0.491. The highest BCUT2D eigenvalue weighted by molar-refractivity contribution is 5.34. The molecule has 0 heterocycles. The van der Waals surface area contributed by atoms with E-state index in [9.17, 15) is 4.39 Å². The van der Waals surface area contributed by atoms with Gasteiger partial charge in [-0.3, -0.25) is 0 Å². The van der Waals surface area contributed by atoms with Gasteiger partial charge in [-0.15, -0.1) is 0 Å². The summed E-state index contributed by atoms with van der Waals surface area (Å²) in [5.74, 6) is -0.265. The van der Waals surface area contributed by atoms with Crippen LogP contribution in [0.4, 0.5) is 4.39 Å². The molecule has 3 N–H and O–H groups in total. The van der Waals surface area contributed by atoms with Gasteiger partial charge in [0.1, 0.15) is 5.82 Å². The Kier molecular flexibility index (Phi) is 3.01. The number of hydrogen-bond donors (Lipinski definition) is 2. The molecule has 0 amide bonds. The molecule has 13 heavy (non-hydrogen) atoms. The molecule has 3 heteroatoms. The first-order valence-corrected chi connectivity index (χ1v) is 4.19. The van der Waals surface area contributed by atoms with Crippen LogP contribution in [0.5, 0.6) is 0 Å². The first kappa shape index (κ1) is 10.2. The van der Waals surface area contributed by atoms with Crippen molar-refractivity contribution in [1.29, 1.82) is 0 Å². The number of halogens is 1. The van der Waals surface area contributed by atoms with Gasteiger partial charge in [0.2, 0.25) is 0 Å². The van der Waals surface area contributed by atoms with E-state index in [1.54, 1.807) is 19.9 Å². The van der Waals surface area contributed by atoms with Gasteiger partial charge in [0, 0.05) is 0 Å². The zero-order valence-corrected chi connectivity index (χ0v) is 7.84. The van der Waals surface area contributed by atoms with Crippen LogP contribution in [0.2, 0.25) is 0 Å². The zero-order chi connectivity index (χ0) is 10.0. The lowest BCUT2D eigenvalue weighted by molar-refractivity contribution is 0.267. The Bertz CT molecular complexity index is 312. The molecule has 0 fully saturated rings. The Hall–Kier alpha value is -0.930. The summed E-state index contributed by atoms with van der Waals surface area (Å²) in [6.45, 7) is 3.31. The van der Waals surface area contributed by atoms with Gasteiger partial charge >= 0.3 is 0 Å². The quantitative estimate of drug-likeness (QED) is 0.728. The molecule has 0 aliphatic rings. The summed E-state index contributed by atoms with van der Waals surface area (Å²) in [7, 11) is 0. The molecule has 0 aliphatic carbocycles. The van der Waals surface area contributed by atoms with Gasteiger partial charge in [-0.2, -0.15) is 0 Å². The molecular formula is C10H14FNO. The highest BCUT2D eigenvalue weighted by atomic mass is 19.1. The van der Waals surface area contributed by atoms with Crippen molar-refractivity contribution < 1.29 is 9.50 Å². The maximum absolute atomic E-state index is 13.2. The average molecular weight is 183 g/mol. The molecular weight excluding hydrogens is 169 g/mol. The fourth-order valence-corrected chi connectivity index (χ4v) is 1.32. The molecule has 1 atom stereocenters. The normalized spacial score (nSPS) is 13.0. The van der Waals surface area contributed by atoms with Crippen LogP contribution in [0.1, 0.15) is 22.7 Å². The summed E-state index contributed by atoms with van der Waals surface area (Å²) in [4.78, 5) is 0. The van der Waals surface area contributed by atoms with Crippen molar-refractivity contribution in [3.63, 3.8) is 0 Å². The summed E-state index contributed by atoms with van der Waals surface area (Å²) >= 11 is 0. The van der Waals surface area contributed by atoms with Gasteiger partial charge in [-0.1, -0.05) is 6.07 Å². The zero-order valence-electron chi connectivity index (χ0n) is 7.84. The Morgan fingerprint density at radius 2 is 2.08 bits per heavy atom. The van der Waals surface area contributed by atoms with Crippen molar-refractivity contribution in [3.8, 4) is 0 Å². The maximum atomic E-state index is 13.2. The molecule has 0 bridgehead atoms. The van der Waals surface area contributed by atoms with Gasteiger partial charge < -0.3 is 10.8 Å². The predicted octanol–water partition coefficient (Wildman–Crippen LogP) is 1.43. The summed E-state index contributed by atoms with van der Waals surface area (Å²) in [5, 5.41) is 8.85. The van der Waals surface area contributed by atoms with Gasteiger partial charge in [-0.25, -0.2) is 4.39 Å². The van der Waals surface area contributed by atoms with Crippen molar-refractivity contribution in [1.82, 2.24) is 0 Å². The Morgan fingerprint density at radius 3 is 2.62 bits per heavy atom. The SMILES string of the molecule is Cc1cc(F)c(C)c(C(N)CO)c1. The van der Waals surface area contributed by atoms with E-state index in [0.717, 1.165) is 5.56 Å². The average Bonchev–Trinajstić information content (AvgIpc) is 2.10. The second-order valence-corrected chi connectivity index (χ2v) is 3.25. The largest absolute Gasteiger partial charge is 0.394 e. The number of hydrogen-bond acceptors (Lipinski definition) is 2. The summed E-state index contributed by atoms with van der Waals surface area (Å²) in [5.41, 5.74) is 7.64. The first-order valence-electron chi connectivity index (χ1n) is 4.19. The maximum Gasteiger partial charge on any atom is 0.126 e. The minimum Gasteiger partial charge on any atom is -0.394 e. The molecule has 1 aromatic carbocycles.